The van der Waals surface area contributed by atoms with E-state index in [0.29, 0.717) is 19.3 Å². The van der Waals surface area contributed by atoms with Crippen LogP contribution in [0.2, 0.25) is 0 Å². The first kappa shape index (κ1) is 13.4. The molecule has 6 heteroatoms. The number of ether oxygens (including phenoxy) is 2. The summed E-state index contributed by atoms with van der Waals surface area (Å²) in [6.45, 7) is 4.16. The molecule has 0 aromatic carbocycles. The molecule has 1 aromatic heterocycles. The van der Waals surface area contributed by atoms with E-state index >= 15 is 0 Å². The molecule has 2 N–H and O–H groups in total. The summed E-state index contributed by atoms with van der Waals surface area (Å²) in [5, 5.41) is 6.81. The summed E-state index contributed by atoms with van der Waals surface area (Å²) >= 11 is 0. The zero-order chi connectivity index (χ0) is 11.5. The van der Waals surface area contributed by atoms with Crippen LogP contribution >= 0.6 is 12.4 Å². The highest BCUT2D eigenvalue weighted by molar-refractivity contribution is 5.85. The van der Waals surface area contributed by atoms with Crippen LogP contribution in [-0.2, 0) is 6.54 Å². The van der Waals surface area contributed by atoms with Crippen molar-refractivity contribution in [2.24, 2.45) is 0 Å². The molecule has 3 heterocycles. The van der Waals surface area contributed by atoms with Gasteiger partial charge in [-0.3, -0.25) is 4.98 Å². The van der Waals surface area contributed by atoms with Crippen molar-refractivity contribution in [3.8, 4) is 11.5 Å². The van der Waals surface area contributed by atoms with Crippen LogP contribution < -0.4 is 20.1 Å². The van der Waals surface area contributed by atoms with Crippen LogP contribution in [0.4, 0.5) is 0 Å². The molecule has 0 aliphatic carbocycles. The van der Waals surface area contributed by atoms with Crippen molar-refractivity contribution in [2.75, 3.05) is 26.3 Å². The van der Waals surface area contributed by atoms with E-state index in [1.54, 1.807) is 6.20 Å². The molecule has 18 heavy (non-hydrogen) atoms. The molecule has 100 valence electrons. The lowest BCUT2D eigenvalue weighted by Crippen LogP contribution is -2.30. The first-order valence-corrected chi connectivity index (χ1v) is 6.10. The summed E-state index contributed by atoms with van der Waals surface area (Å²) in [6, 6.07) is 2.52. The fraction of sp³-hybridized carbons (Fsp3) is 0.583. The SMILES string of the molecule is Cl.c1nc(CN[C@H]2CCNC2)cc2c1OCCO2. The van der Waals surface area contributed by atoms with Gasteiger partial charge in [0.25, 0.3) is 0 Å². The van der Waals surface area contributed by atoms with Crippen LogP contribution in [0.1, 0.15) is 12.1 Å². The monoisotopic (exact) mass is 271 g/mol. The molecule has 0 spiro atoms. The topological polar surface area (TPSA) is 55.4 Å². The highest BCUT2D eigenvalue weighted by atomic mass is 35.5. The molecule has 1 fully saturated rings. The Kier molecular flexibility index (Phi) is 4.63. The van der Waals surface area contributed by atoms with Crippen molar-refractivity contribution >= 4 is 12.4 Å². The van der Waals surface area contributed by atoms with Gasteiger partial charge in [-0.25, -0.2) is 0 Å². The minimum absolute atomic E-state index is 0. The Hall–Kier alpha value is -1.04. The lowest BCUT2D eigenvalue weighted by Gasteiger charge is -2.18. The lowest BCUT2D eigenvalue weighted by molar-refractivity contribution is 0.170. The van der Waals surface area contributed by atoms with Crippen LogP contribution in [0.3, 0.4) is 0 Å². The maximum Gasteiger partial charge on any atom is 0.179 e. The standard InChI is InChI=1S/C12H17N3O2.ClH/c1-2-13-6-9(1)14-7-10-5-11-12(8-15-10)17-4-3-16-11;/h5,8-9,13-14H,1-4,6-7H2;1H/t9-;/m0./s1. The number of nitrogens with one attached hydrogen (secondary N) is 2. The summed E-state index contributed by atoms with van der Waals surface area (Å²) in [7, 11) is 0. The van der Waals surface area contributed by atoms with Crippen molar-refractivity contribution in [1.29, 1.82) is 0 Å². The molecule has 0 amide bonds. The molecule has 2 aliphatic heterocycles. The second kappa shape index (κ2) is 6.22. The number of halogens is 1. The fourth-order valence-corrected chi connectivity index (χ4v) is 2.16. The van der Waals surface area contributed by atoms with E-state index in [0.717, 1.165) is 36.8 Å². The van der Waals surface area contributed by atoms with E-state index in [1.165, 1.54) is 6.42 Å². The molecule has 1 saturated heterocycles. The Morgan fingerprint density at radius 1 is 1.33 bits per heavy atom. The second-order valence-corrected chi connectivity index (χ2v) is 4.39. The predicted molar refractivity (Wildman–Crippen MR) is 70.6 cm³/mol. The number of rotatable bonds is 3. The molecule has 0 saturated carbocycles. The normalized spacial score (nSPS) is 21.4. The van der Waals surface area contributed by atoms with Crippen LogP contribution in [0.5, 0.6) is 11.5 Å². The lowest BCUT2D eigenvalue weighted by atomic mass is 10.2. The highest BCUT2D eigenvalue weighted by Gasteiger charge is 2.15. The summed E-state index contributed by atoms with van der Waals surface area (Å²) in [5.74, 6) is 1.56. The van der Waals surface area contributed by atoms with Gasteiger partial charge in [-0.1, -0.05) is 0 Å². The average molecular weight is 272 g/mol. The van der Waals surface area contributed by atoms with Crippen molar-refractivity contribution in [3.05, 3.63) is 18.0 Å². The maximum absolute atomic E-state index is 5.53. The van der Waals surface area contributed by atoms with Gasteiger partial charge in [-0.05, 0) is 13.0 Å². The summed E-state index contributed by atoms with van der Waals surface area (Å²) in [5.41, 5.74) is 1.00. The molecule has 0 bridgehead atoms. The fourth-order valence-electron chi connectivity index (χ4n) is 2.16. The summed E-state index contributed by atoms with van der Waals surface area (Å²) < 4.78 is 11.0. The van der Waals surface area contributed by atoms with E-state index < -0.39 is 0 Å². The third-order valence-electron chi connectivity index (χ3n) is 3.12. The van der Waals surface area contributed by atoms with Gasteiger partial charge in [0.15, 0.2) is 11.5 Å². The van der Waals surface area contributed by atoms with Crippen molar-refractivity contribution < 1.29 is 9.47 Å². The average Bonchev–Trinajstić information content (AvgIpc) is 2.89. The summed E-state index contributed by atoms with van der Waals surface area (Å²) in [6.07, 6.45) is 2.93. The Balaban J connectivity index is 0.00000120. The first-order valence-electron chi connectivity index (χ1n) is 6.10. The van der Waals surface area contributed by atoms with Crippen molar-refractivity contribution in [3.63, 3.8) is 0 Å². The molecule has 1 atom stereocenters. The molecule has 0 unspecified atom stereocenters. The molecular formula is C12H18ClN3O2. The molecule has 2 aliphatic rings. The Labute approximate surface area is 113 Å². The Morgan fingerprint density at radius 3 is 2.94 bits per heavy atom. The predicted octanol–water partition coefficient (Wildman–Crippen LogP) is 0.726. The highest BCUT2D eigenvalue weighted by Crippen LogP contribution is 2.29. The van der Waals surface area contributed by atoms with Gasteiger partial charge in [0.2, 0.25) is 0 Å². The number of fused-ring (bicyclic) bond motifs is 1. The smallest absolute Gasteiger partial charge is 0.179 e. The Bertz CT molecular complexity index is 397. The van der Waals surface area contributed by atoms with Gasteiger partial charge in [-0.2, -0.15) is 0 Å². The van der Waals surface area contributed by atoms with Gasteiger partial charge in [0.05, 0.1) is 11.9 Å². The number of pyridine rings is 1. The van der Waals surface area contributed by atoms with E-state index in [9.17, 15) is 0 Å². The van der Waals surface area contributed by atoms with Gasteiger partial charge < -0.3 is 20.1 Å². The van der Waals surface area contributed by atoms with Gasteiger partial charge in [-0.15, -0.1) is 12.4 Å². The maximum atomic E-state index is 5.53. The van der Waals surface area contributed by atoms with E-state index in [-0.39, 0.29) is 12.4 Å². The number of nitrogens with zero attached hydrogens (tertiary/aromatic N) is 1. The van der Waals surface area contributed by atoms with Crippen LogP contribution in [0.15, 0.2) is 12.3 Å². The molecule has 1 aromatic rings. The third kappa shape index (κ3) is 3.04. The number of hydrogen-bond acceptors (Lipinski definition) is 5. The van der Waals surface area contributed by atoms with E-state index in [2.05, 4.69) is 15.6 Å². The Morgan fingerprint density at radius 2 is 2.17 bits per heavy atom. The van der Waals surface area contributed by atoms with E-state index in [1.807, 2.05) is 6.07 Å². The third-order valence-corrected chi connectivity index (χ3v) is 3.12. The van der Waals surface area contributed by atoms with Crippen LogP contribution in [0, 0.1) is 0 Å². The molecular weight excluding hydrogens is 254 g/mol. The van der Waals surface area contributed by atoms with E-state index in [4.69, 9.17) is 9.47 Å². The minimum atomic E-state index is 0. The quantitative estimate of drug-likeness (QED) is 0.849. The minimum Gasteiger partial charge on any atom is -0.486 e. The van der Waals surface area contributed by atoms with Crippen LogP contribution in [-0.4, -0.2) is 37.3 Å². The number of aromatic nitrogens is 1. The van der Waals surface area contributed by atoms with Crippen molar-refractivity contribution in [2.45, 2.75) is 19.0 Å². The molecule has 0 radical (unpaired) electrons. The van der Waals surface area contributed by atoms with Gasteiger partial charge >= 0.3 is 0 Å². The van der Waals surface area contributed by atoms with Crippen LogP contribution in [0.25, 0.3) is 0 Å². The van der Waals surface area contributed by atoms with Gasteiger partial charge in [0.1, 0.15) is 13.2 Å². The largest absolute Gasteiger partial charge is 0.486 e. The first-order chi connectivity index (χ1) is 8.42. The molecule has 5 nitrogen and oxygen atoms in total. The second-order valence-electron chi connectivity index (χ2n) is 4.39. The van der Waals surface area contributed by atoms with Crippen molar-refractivity contribution in [1.82, 2.24) is 15.6 Å². The van der Waals surface area contributed by atoms with Gasteiger partial charge in [0, 0.05) is 25.2 Å². The zero-order valence-corrected chi connectivity index (χ0v) is 11.0. The zero-order valence-electron chi connectivity index (χ0n) is 10.1. The summed E-state index contributed by atoms with van der Waals surface area (Å²) in [4.78, 5) is 4.37. The molecule has 3 rings (SSSR count). The number of hydrogen-bond donors (Lipinski definition) is 2.